The lowest BCUT2D eigenvalue weighted by atomic mass is 9.87. The maximum absolute atomic E-state index is 5.45. The summed E-state index contributed by atoms with van der Waals surface area (Å²) in [5.41, 5.74) is 24.9. The van der Waals surface area contributed by atoms with Crippen molar-refractivity contribution < 1.29 is 0 Å². The number of fused-ring (bicyclic) bond motifs is 1. The fourth-order valence-corrected chi connectivity index (χ4v) is 16.3. The summed E-state index contributed by atoms with van der Waals surface area (Å²) in [5, 5.41) is 6.11. The van der Waals surface area contributed by atoms with Crippen molar-refractivity contribution in [3.8, 4) is 180 Å². The summed E-state index contributed by atoms with van der Waals surface area (Å²) in [7, 11) is 0. The Morgan fingerprint density at radius 2 is 0.452 bits per heavy atom. The molecule has 1 aliphatic heterocycles. The Morgan fingerprint density at radius 3 is 0.927 bits per heavy atom. The molecule has 17 aromatic carbocycles. The van der Waals surface area contributed by atoms with Crippen LogP contribution >= 0.6 is 0 Å². The van der Waals surface area contributed by atoms with Gasteiger partial charge in [0.05, 0.1) is 0 Å². The first-order valence-electron chi connectivity index (χ1n) is 41.4. The van der Waals surface area contributed by atoms with E-state index < -0.39 is 6.17 Å². The molecule has 0 aliphatic carbocycles. The first kappa shape index (κ1) is 74.7. The lowest BCUT2D eigenvalue weighted by Gasteiger charge is -2.25. The molecule has 1 unspecified atom stereocenters. The van der Waals surface area contributed by atoms with Crippen LogP contribution < -0.4 is 5.32 Å². The Labute approximate surface area is 718 Å². The van der Waals surface area contributed by atoms with Crippen LogP contribution in [-0.4, -0.2) is 56.5 Å². The van der Waals surface area contributed by atoms with Crippen molar-refractivity contribution in [3.63, 3.8) is 0 Å². The minimum atomic E-state index is -0.526. The highest BCUT2D eigenvalue weighted by Crippen LogP contribution is 2.45. The Morgan fingerprint density at radius 1 is 0.161 bits per heavy atom. The molecular formula is C112H74N12. The van der Waals surface area contributed by atoms with Gasteiger partial charge in [0.25, 0.3) is 0 Å². The zero-order valence-corrected chi connectivity index (χ0v) is 67.1. The summed E-state index contributed by atoms with van der Waals surface area (Å²) in [4.78, 5) is 57.7. The molecule has 20 aromatic rings. The summed E-state index contributed by atoms with van der Waals surface area (Å²) in [6, 6.07) is 151. The van der Waals surface area contributed by atoms with Gasteiger partial charge >= 0.3 is 0 Å². The van der Waals surface area contributed by atoms with E-state index in [9.17, 15) is 0 Å². The molecule has 582 valence electrons. The molecule has 0 spiro atoms. The largest absolute Gasteiger partial charge is 0.344 e. The van der Waals surface area contributed by atoms with Crippen LogP contribution in [0.2, 0.25) is 0 Å². The molecule has 1 aliphatic rings. The number of rotatable bonds is 19. The van der Waals surface area contributed by atoms with Crippen molar-refractivity contribution >= 4 is 22.4 Å². The Hall–Kier alpha value is -16.8. The topological polar surface area (TPSA) is 153 Å². The summed E-state index contributed by atoms with van der Waals surface area (Å²) in [6.07, 6.45) is -0.526. The second kappa shape index (κ2) is 33.5. The van der Waals surface area contributed by atoms with Crippen molar-refractivity contribution in [2.75, 3.05) is 0 Å². The molecule has 1 N–H and O–H groups in total. The van der Waals surface area contributed by atoms with Gasteiger partial charge in [0.2, 0.25) is 0 Å². The second-order valence-corrected chi connectivity index (χ2v) is 30.4. The third kappa shape index (κ3) is 15.4. The van der Waals surface area contributed by atoms with E-state index >= 15 is 0 Å². The van der Waals surface area contributed by atoms with Gasteiger partial charge in [-0.05, 0) is 118 Å². The number of hydrogen-bond donors (Lipinski definition) is 1. The molecule has 124 heavy (non-hydrogen) atoms. The van der Waals surface area contributed by atoms with Crippen LogP contribution in [0.25, 0.3) is 191 Å². The first-order chi connectivity index (χ1) is 61.4. The van der Waals surface area contributed by atoms with E-state index in [1.165, 1.54) is 0 Å². The van der Waals surface area contributed by atoms with Crippen LogP contribution in [0.3, 0.4) is 0 Å². The lowest BCUT2D eigenvalue weighted by Crippen LogP contribution is -2.34. The monoisotopic (exact) mass is 1590 g/mol. The van der Waals surface area contributed by atoms with Gasteiger partial charge in [0.15, 0.2) is 58.3 Å². The van der Waals surface area contributed by atoms with Gasteiger partial charge < -0.3 is 5.32 Å². The number of nitrogens with zero attached hydrogens (tertiary/aromatic N) is 11. The Kier molecular flexibility index (Phi) is 20.2. The SMILES string of the molecule is c1ccc(C2=NC(c3ccc(-c4ccc(-c5ccc(-c6ccccc6-c6nc(-c7ccccc7)nc(-c7ccc8ccccc8c7)n6)cc5-c5ccccc5)c(-c5nc(-c6ccccc6)nc(-c6ccccc6)n5)c4)cc3)NC(c3ccccc3-c3ccc(-c4ccc(-c5nc(-c6ccccc6)nc(-c6ccccc6)n5)cc4)c(-c4ccccc4)c3)=N2)cc1. The smallest absolute Gasteiger partial charge is 0.164 e. The molecule has 12 nitrogen and oxygen atoms in total. The minimum Gasteiger partial charge on any atom is -0.344 e. The van der Waals surface area contributed by atoms with Crippen LogP contribution in [0.4, 0.5) is 0 Å². The Balaban J connectivity index is 0.646. The van der Waals surface area contributed by atoms with Gasteiger partial charge in [-0.25, -0.2) is 54.8 Å². The van der Waals surface area contributed by atoms with E-state index in [0.29, 0.717) is 64.1 Å². The van der Waals surface area contributed by atoms with Crippen molar-refractivity contribution in [3.05, 3.63) is 453 Å². The molecule has 0 bridgehead atoms. The molecule has 21 rings (SSSR count). The van der Waals surface area contributed by atoms with E-state index in [-0.39, 0.29) is 0 Å². The van der Waals surface area contributed by atoms with Gasteiger partial charge in [-0.1, -0.05) is 413 Å². The van der Waals surface area contributed by atoms with Crippen LogP contribution in [0.5, 0.6) is 0 Å². The highest BCUT2D eigenvalue weighted by molar-refractivity contribution is 6.15. The molecular weight excluding hydrogens is 1510 g/mol. The second-order valence-electron chi connectivity index (χ2n) is 30.4. The number of benzene rings is 17. The van der Waals surface area contributed by atoms with Crippen molar-refractivity contribution in [2.24, 2.45) is 9.98 Å². The summed E-state index contributed by atoms with van der Waals surface area (Å²) in [6.45, 7) is 0. The van der Waals surface area contributed by atoms with E-state index in [1.54, 1.807) is 0 Å². The molecule has 4 heterocycles. The summed E-state index contributed by atoms with van der Waals surface area (Å²) >= 11 is 0. The van der Waals surface area contributed by atoms with Crippen molar-refractivity contribution in [2.45, 2.75) is 6.17 Å². The summed E-state index contributed by atoms with van der Waals surface area (Å²) < 4.78 is 0. The molecule has 3 aromatic heterocycles. The van der Waals surface area contributed by atoms with Gasteiger partial charge in [0.1, 0.15) is 12.0 Å². The van der Waals surface area contributed by atoms with Crippen LogP contribution in [-0.2, 0) is 0 Å². The van der Waals surface area contributed by atoms with Crippen molar-refractivity contribution in [1.82, 2.24) is 50.2 Å². The van der Waals surface area contributed by atoms with E-state index in [0.717, 1.165) is 155 Å². The van der Waals surface area contributed by atoms with E-state index in [4.69, 9.17) is 54.8 Å². The number of aromatic nitrogens is 9. The Bertz CT molecular complexity index is 7270. The number of hydrogen-bond acceptors (Lipinski definition) is 12. The third-order valence-corrected chi connectivity index (χ3v) is 22.6. The van der Waals surface area contributed by atoms with Crippen LogP contribution in [0.15, 0.2) is 447 Å². The van der Waals surface area contributed by atoms with Crippen LogP contribution in [0, 0.1) is 0 Å². The third-order valence-electron chi connectivity index (χ3n) is 22.6. The minimum absolute atomic E-state index is 0.522. The van der Waals surface area contributed by atoms with E-state index in [2.05, 4.69) is 272 Å². The van der Waals surface area contributed by atoms with Crippen molar-refractivity contribution in [1.29, 1.82) is 0 Å². The highest BCUT2D eigenvalue weighted by Gasteiger charge is 2.27. The zero-order valence-electron chi connectivity index (χ0n) is 67.1. The maximum atomic E-state index is 5.45. The van der Waals surface area contributed by atoms with Gasteiger partial charge in [-0.2, -0.15) is 0 Å². The predicted molar refractivity (Wildman–Crippen MR) is 503 cm³/mol. The average molecular weight is 1590 g/mol. The standard InChI is InChI=1S/C112H74N12/c1-9-32-75(33-10-1)98-71-88(64-66-93(98)77-56-60-85(61-57-77)107-114-101(78-36-13-3-14-37-78)113-102(115-107)79-38-15-4-16-39-79)91-49-27-29-51-96(91)110-119-103(80-40-17-5-18-41-80)117-108(121-110)84-58-53-74(54-59-84)87-63-67-95(100(70-87)112-122-104(81-42-19-6-20-43-81)116-105(123-112)82-44-21-7-22-45-82)94-68-65-89(72-99(94)76-34-11-2-12-35-76)92-50-28-30-52-97(92)111-120-106(83-46-23-8-24-47-83)118-109(124-111)90-62-55-73-31-25-26-48-86(73)69-90/h1-72,108H,(H,117,119,121). The number of nitrogens with one attached hydrogen (secondary N) is 1. The number of amidine groups is 2. The fraction of sp³-hybridized carbons (Fsp3) is 0.00893. The molecule has 1 atom stereocenters. The predicted octanol–water partition coefficient (Wildman–Crippen LogP) is 26.6. The lowest BCUT2D eigenvalue weighted by molar-refractivity contribution is 0.674. The normalized spacial score (nSPS) is 12.4. The van der Waals surface area contributed by atoms with Crippen LogP contribution in [0.1, 0.15) is 22.9 Å². The molecule has 0 saturated carbocycles. The van der Waals surface area contributed by atoms with Gasteiger partial charge in [0, 0.05) is 61.2 Å². The summed E-state index contributed by atoms with van der Waals surface area (Å²) in [5.74, 6) is 6.52. The van der Waals surface area contributed by atoms with Gasteiger partial charge in [-0.15, -0.1) is 0 Å². The first-order valence-corrected chi connectivity index (χ1v) is 41.4. The number of aliphatic imine (C=N–C) groups is 2. The average Bonchev–Trinajstić information content (AvgIpc) is 0.758. The van der Waals surface area contributed by atoms with Gasteiger partial charge in [-0.3, -0.25) is 0 Å². The quantitative estimate of drug-likeness (QED) is 0.0828. The molecule has 0 amide bonds. The molecule has 12 heteroatoms. The maximum Gasteiger partial charge on any atom is 0.164 e. The highest BCUT2D eigenvalue weighted by atomic mass is 15.2. The molecule has 0 fully saturated rings. The molecule has 0 radical (unpaired) electrons. The molecule has 0 saturated heterocycles. The fourth-order valence-electron chi connectivity index (χ4n) is 16.3. The van der Waals surface area contributed by atoms with E-state index in [1.807, 2.05) is 170 Å². The zero-order chi connectivity index (χ0) is 82.5.